The van der Waals surface area contributed by atoms with Crippen molar-refractivity contribution in [3.05, 3.63) is 36.6 Å². The van der Waals surface area contributed by atoms with Gasteiger partial charge >= 0.3 is 0 Å². The Morgan fingerprint density at radius 1 is 1.20 bits per heavy atom. The van der Waals surface area contributed by atoms with Crippen molar-refractivity contribution >= 4 is 11.8 Å². The number of hydrogen-bond acceptors (Lipinski definition) is 2. The van der Waals surface area contributed by atoms with Crippen LogP contribution in [0.3, 0.4) is 0 Å². The molecule has 0 unspecified atom stereocenters. The van der Waals surface area contributed by atoms with Crippen molar-refractivity contribution in [1.82, 2.24) is 10.6 Å². The number of amides is 2. The van der Waals surface area contributed by atoms with Crippen LogP contribution in [0, 0.1) is 5.92 Å². The van der Waals surface area contributed by atoms with E-state index >= 15 is 0 Å². The molecule has 20 heavy (non-hydrogen) atoms. The van der Waals surface area contributed by atoms with Gasteiger partial charge in [-0.25, -0.2) is 0 Å². The summed E-state index contributed by atoms with van der Waals surface area (Å²) < 4.78 is 0. The molecule has 1 fully saturated rings. The molecule has 1 aliphatic rings. The predicted octanol–water partition coefficient (Wildman–Crippen LogP) is 2.45. The van der Waals surface area contributed by atoms with Crippen LogP contribution >= 0.6 is 0 Å². The molecule has 0 heterocycles. The smallest absolute Gasteiger partial charge is 0.243 e. The zero-order valence-corrected chi connectivity index (χ0v) is 12.1. The Bertz CT molecular complexity index is 393. The van der Waals surface area contributed by atoms with Crippen molar-refractivity contribution in [3.8, 4) is 0 Å². The second-order valence-electron chi connectivity index (χ2n) is 4.90. The monoisotopic (exact) mass is 276 g/mol. The Balaban J connectivity index is 2.00. The van der Waals surface area contributed by atoms with Gasteiger partial charge in [-0.05, 0) is 37.8 Å². The highest BCUT2D eigenvalue weighted by Gasteiger charge is 2.21. The molecule has 1 aliphatic carbocycles. The fourth-order valence-electron chi connectivity index (χ4n) is 1.63. The molecule has 4 nitrogen and oxygen atoms in total. The van der Waals surface area contributed by atoms with Gasteiger partial charge in [0, 0.05) is 19.2 Å². The molecule has 0 bridgehead atoms. The van der Waals surface area contributed by atoms with Crippen molar-refractivity contribution in [2.75, 3.05) is 6.54 Å². The van der Waals surface area contributed by atoms with E-state index in [-0.39, 0.29) is 11.8 Å². The largest absolute Gasteiger partial charge is 0.349 e. The van der Waals surface area contributed by atoms with Crippen molar-refractivity contribution in [2.45, 2.75) is 39.0 Å². The molecular weight excluding hydrogens is 252 g/mol. The second kappa shape index (κ2) is 10.0. The van der Waals surface area contributed by atoms with Crippen LogP contribution in [0.15, 0.2) is 36.6 Å². The zero-order valence-electron chi connectivity index (χ0n) is 12.1. The van der Waals surface area contributed by atoms with E-state index in [4.69, 9.17) is 0 Å². The van der Waals surface area contributed by atoms with Crippen molar-refractivity contribution in [1.29, 1.82) is 0 Å². The van der Waals surface area contributed by atoms with Crippen molar-refractivity contribution < 1.29 is 9.59 Å². The number of nitrogens with one attached hydrogen (secondary N) is 2. The number of carbonyl (C=O) groups excluding carboxylic acids is 2. The Morgan fingerprint density at radius 3 is 2.70 bits per heavy atom. The Kier molecular flexibility index (Phi) is 8.11. The molecule has 1 rings (SSSR count). The molecule has 0 radical (unpaired) electrons. The van der Waals surface area contributed by atoms with Gasteiger partial charge in [0.15, 0.2) is 0 Å². The normalized spacial score (nSPS) is 15.2. The lowest BCUT2D eigenvalue weighted by Crippen LogP contribution is -2.22. The summed E-state index contributed by atoms with van der Waals surface area (Å²) in [6.45, 7) is 2.35. The number of hydrogen-bond donors (Lipinski definition) is 2. The summed E-state index contributed by atoms with van der Waals surface area (Å²) >= 11 is 0. The highest BCUT2D eigenvalue weighted by atomic mass is 16.2. The Hall–Kier alpha value is -1.84. The average Bonchev–Trinajstić information content (AvgIpc) is 3.25. The molecule has 2 amide bonds. The summed E-state index contributed by atoms with van der Waals surface area (Å²) in [4.78, 5) is 22.8. The van der Waals surface area contributed by atoms with Crippen LogP contribution in [0.5, 0.6) is 0 Å². The lowest BCUT2D eigenvalue weighted by Gasteiger charge is -1.99. The molecule has 1 saturated carbocycles. The highest BCUT2D eigenvalue weighted by molar-refractivity contribution is 5.87. The zero-order chi connectivity index (χ0) is 14.6. The molecule has 4 heteroatoms. The summed E-state index contributed by atoms with van der Waals surface area (Å²) in [6.07, 6.45) is 15.5. The molecule has 0 aliphatic heterocycles. The quantitative estimate of drug-likeness (QED) is 0.502. The van der Waals surface area contributed by atoms with E-state index in [1.807, 2.05) is 19.1 Å². The van der Waals surface area contributed by atoms with Crippen molar-refractivity contribution in [2.24, 2.45) is 5.92 Å². The van der Waals surface area contributed by atoms with E-state index in [2.05, 4.69) is 10.6 Å². The van der Waals surface area contributed by atoms with Crippen LogP contribution in [-0.2, 0) is 9.59 Å². The molecule has 110 valence electrons. The van der Waals surface area contributed by atoms with Crippen LogP contribution in [0.2, 0.25) is 0 Å². The topological polar surface area (TPSA) is 58.2 Å². The summed E-state index contributed by atoms with van der Waals surface area (Å²) in [5.41, 5.74) is 0. The van der Waals surface area contributed by atoms with Gasteiger partial charge in [-0.15, -0.1) is 0 Å². The summed E-state index contributed by atoms with van der Waals surface area (Å²) in [7, 11) is 0. The lowest BCUT2D eigenvalue weighted by molar-refractivity contribution is -0.120. The SMILES string of the molecule is C/C=C\C/C=C\C(=O)NC/C=C/NC(=O)CCC1CC1. The molecule has 2 N–H and O–H groups in total. The summed E-state index contributed by atoms with van der Waals surface area (Å²) in [6, 6.07) is 0. The minimum atomic E-state index is -0.126. The highest BCUT2D eigenvalue weighted by Crippen LogP contribution is 2.33. The fraction of sp³-hybridized carbons (Fsp3) is 0.500. The maximum Gasteiger partial charge on any atom is 0.243 e. The number of rotatable bonds is 9. The first-order chi connectivity index (χ1) is 9.72. The third kappa shape index (κ3) is 9.14. The minimum absolute atomic E-state index is 0.0470. The van der Waals surface area contributed by atoms with Gasteiger partial charge in [-0.3, -0.25) is 9.59 Å². The third-order valence-corrected chi connectivity index (χ3v) is 3.01. The van der Waals surface area contributed by atoms with Crippen LogP contribution < -0.4 is 10.6 Å². The maximum atomic E-state index is 11.4. The lowest BCUT2D eigenvalue weighted by atomic mass is 10.2. The first-order valence-corrected chi connectivity index (χ1v) is 7.22. The predicted molar refractivity (Wildman–Crippen MR) is 80.8 cm³/mol. The van der Waals surface area contributed by atoms with Gasteiger partial charge in [0.1, 0.15) is 0 Å². The fourth-order valence-corrected chi connectivity index (χ4v) is 1.63. The van der Waals surface area contributed by atoms with Gasteiger partial charge in [-0.1, -0.05) is 31.1 Å². The second-order valence-corrected chi connectivity index (χ2v) is 4.90. The summed E-state index contributed by atoms with van der Waals surface area (Å²) in [5.74, 6) is 0.697. The van der Waals surface area contributed by atoms with Crippen molar-refractivity contribution in [3.63, 3.8) is 0 Å². The Labute approximate surface area is 121 Å². The van der Waals surface area contributed by atoms with Gasteiger partial charge < -0.3 is 10.6 Å². The Morgan fingerprint density at radius 2 is 2.00 bits per heavy atom. The molecule has 0 spiro atoms. The molecule has 0 aromatic carbocycles. The van der Waals surface area contributed by atoms with E-state index in [1.165, 1.54) is 18.9 Å². The van der Waals surface area contributed by atoms with E-state index in [9.17, 15) is 9.59 Å². The maximum absolute atomic E-state index is 11.4. The molecule has 0 aromatic heterocycles. The number of allylic oxidation sites excluding steroid dienone is 3. The van der Waals surface area contributed by atoms with Crippen LogP contribution in [0.25, 0.3) is 0 Å². The van der Waals surface area contributed by atoms with Gasteiger partial charge in [0.2, 0.25) is 11.8 Å². The molecule has 0 aromatic rings. The van der Waals surface area contributed by atoms with Gasteiger partial charge in [0.25, 0.3) is 0 Å². The van der Waals surface area contributed by atoms with E-state index in [0.717, 1.165) is 18.8 Å². The summed E-state index contributed by atoms with van der Waals surface area (Å²) in [5, 5.41) is 5.41. The molecule has 0 saturated heterocycles. The average molecular weight is 276 g/mol. The van der Waals surface area contributed by atoms with Gasteiger partial charge in [0.05, 0.1) is 0 Å². The van der Waals surface area contributed by atoms with Crippen LogP contribution in [-0.4, -0.2) is 18.4 Å². The van der Waals surface area contributed by atoms with Gasteiger partial charge in [-0.2, -0.15) is 0 Å². The minimum Gasteiger partial charge on any atom is -0.349 e. The van der Waals surface area contributed by atoms with E-state index in [1.54, 1.807) is 18.4 Å². The van der Waals surface area contributed by atoms with E-state index in [0.29, 0.717) is 13.0 Å². The third-order valence-electron chi connectivity index (χ3n) is 3.01. The van der Waals surface area contributed by atoms with E-state index < -0.39 is 0 Å². The number of carbonyl (C=O) groups is 2. The first-order valence-electron chi connectivity index (χ1n) is 7.22. The first kappa shape index (κ1) is 16.2. The standard InChI is InChI=1S/C16H24N2O2/c1-2-3-4-5-7-15(19)17-12-6-13-18-16(20)11-10-14-8-9-14/h2-3,5-7,13-14H,4,8-12H2,1H3,(H,17,19)(H,18,20)/b3-2-,7-5-,13-6+. The van der Waals surface area contributed by atoms with Crippen LogP contribution in [0.4, 0.5) is 0 Å². The molecule has 0 atom stereocenters. The molecular formula is C16H24N2O2. The van der Waals surface area contributed by atoms with Crippen LogP contribution in [0.1, 0.15) is 39.0 Å².